The predicted molar refractivity (Wildman–Crippen MR) is 41.7 cm³/mol. The third-order valence-electron chi connectivity index (χ3n) is 1.46. The van der Waals surface area contributed by atoms with Crippen LogP contribution in [0.1, 0.15) is 15.9 Å². The van der Waals surface area contributed by atoms with Crippen LogP contribution < -0.4 is 5.11 Å². The van der Waals surface area contributed by atoms with E-state index in [1.165, 1.54) is 18.2 Å². The van der Waals surface area contributed by atoms with Gasteiger partial charge in [0.05, 0.1) is 12.6 Å². The first kappa shape index (κ1) is 9.03. The van der Waals surface area contributed by atoms with Crippen molar-refractivity contribution in [1.29, 1.82) is 0 Å². The summed E-state index contributed by atoms with van der Waals surface area (Å²) >= 11 is 5.62. The Balaban J connectivity index is 3.10. The molecule has 0 aliphatic heterocycles. The van der Waals surface area contributed by atoms with Gasteiger partial charge in [-0.2, -0.15) is 0 Å². The van der Waals surface area contributed by atoms with Crippen LogP contribution in [0.5, 0.6) is 0 Å². The van der Waals surface area contributed by atoms with E-state index in [9.17, 15) is 9.90 Å². The molecule has 1 rings (SSSR count). The number of benzene rings is 1. The quantitative estimate of drug-likeness (QED) is 0.716. The molecule has 0 amide bonds. The highest BCUT2D eigenvalue weighted by atomic mass is 35.5. The number of hydrogen-bond acceptors (Lipinski definition) is 3. The fourth-order valence-corrected chi connectivity index (χ4v) is 1.04. The van der Waals surface area contributed by atoms with Crippen LogP contribution in [-0.4, -0.2) is 11.1 Å². The van der Waals surface area contributed by atoms with Gasteiger partial charge in [0.1, 0.15) is 0 Å². The van der Waals surface area contributed by atoms with Crippen molar-refractivity contribution in [2.45, 2.75) is 6.61 Å². The number of carboxylic acids is 1. The minimum atomic E-state index is -1.28. The molecule has 0 aromatic heterocycles. The number of hydrogen-bond donors (Lipinski definition) is 1. The summed E-state index contributed by atoms with van der Waals surface area (Å²) in [7, 11) is 0. The summed E-state index contributed by atoms with van der Waals surface area (Å²) < 4.78 is 0. The number of aliphatic hydroxyl groups is 1. The largest absolute Gasteiger partial charge is 0.545 e. The molecule has 1 aromatic carbocycles. The smallest absolute Gasteiger partial charge is 0.0715 e. The van der Waals surface area contributed by atoms with Gasteiger partial charge < -0.3 is 15.0 Å². The lowest BCUT2D eigenvalue weighted by Crippen LogP contribution is -2.22. The Morgan fingerprint density at radius 2 is 2.25 bits per heavy atom. The number of carbonyl (C=O) groups is 1. The zero-order valence-corrected chi connectivity index (χ0v) is 6.84. The molecule has 0 saturated heterocycles. The normalized spacial score (nSPS) is 9.83. The number of carboxylic acid groups (broad SMARTS) is 1. The molecule has 0 spiro atoms. The fourth-order valence-electron chi connectivity index (χ4n) is 0.803. The molecule has 64 valence electrons. The predicted octanol–water partition coefficient (Wildman–Crippen LogP) is 0.196. The summed E-state index contributed by atoms with van der Waals surface area (Å²) in [4.78, 5) is 10.3. The van der Waals surface area contributed by atoms with Crippen molar-refractivity contribution in [3.63, 3.8) is 0 Å². The number of rotatable bonds is 2. The van der Waals surface area contributed by atoms with Crippen LogP contribution in [-0.2, 0) is 6.61 Å². The topological polar surface area (TPSA) is 60.4 Å². The summed E-state index contributed by atoms with van der Waals surface area (Å²) in [6.07, 6.45) is 0. The van der Waals surface area contributed by atoms with Crippen LogP contribution in [0, 0.1) is 0 Å². The minimum Gasteiger partial charge on any atom is -0.545 e. The minimum absolute atomic E-state index is 0.0113. The molecule has 0 fully saturated rings. The second kappa shape index (κ2) is 3.56. The van der Waals surface area contributed by atoms with Crippen molar-refractivity contribution in [3.05, 3.63) is 34.3 Å². The second-order valence-electron chi connectivity index (χ2n) is 2.25. The lowest BCUT2D eigenvalue weighted by molar-refractivity contribution is -0.255. The maximum atomic E-state index is 10.3. The standard InChI is InChI=1S/C8H7ClO3/c9-7-3-5(8(11)12)1-2-6(7)4-10/h1-3,10H,4H2,(H,11,12)/p-1. The highest BCUT2D eigenvalue weighted by Gasteiger charge is 2.00. The van der Waals surface area contributed by atoms with E-state index in [4.69, 9.17) is 16.7 Å². The van der Waals surface area contributed by atoms with Crippen LogP contribution >= 0.6 is 11.6 Å². The van der Waals surface area contributed by atoms with E-state index in [1.807, 2.05) is 0 Å². The van der Waals surface area contributed by atoms with E-state index >= 15 is 0 Å². The van der Waals surface area contributed by atoms with Gasteiger partial charge in [0, 0.05) is 5.02 Å². The molecular formula is C8H6ClO3-. The molecule has 0 saturated carbocycles. The van der Waals surface area contributed by atoms with Crippen molar-refractivity contribution < 1.29 is 15.0 Å². The van der Waals surface area contributed by atoms with E-state index in [-0.39, 0.29) is 17.2 Å². The summed E-state index contributed by atoms with van der Waals surface area (Å²) in [5.41, 5.74) is 0.513. The third-order valence-corrected chi connectivity index (χ3v) is 1.81. The van der Waals surface area contributed by atoms with Crippen molar-refractivity contribution in [3.8, 4) is 0 Å². The van der Waals surface area contributed by atoms with Gasteiger partial charge in [0.2, 0.25) is 0 Å². The Kier molecular flexibility index (Phi) is 2.68. The van der Waals surface area contributed by atoms with Crippen LogP contribution in [0.4, 0.5) is 0 Å². The molecule has 1 N–H and O–H groups in total. The second-order valence-corrected chi connectivity index (χ2v) is 2.66. The molecule has 0 radical (unpaired) electrons. The van der Waals surface area contributed by atoms with Crippen LogP contribution in [0.3, 0.4) is 0 Å². The molecule has 4 heteroatoms. The van der Waals surface area contributed by atoms with Gasteiger partial charge in [-0.3, -0.25) is 0 Å². The first-order valence-corrected chi connectivity index (χ1v) is 3.63. The Labute approximate surface area is 74.2 Å². The number of aliphatic hydroxyl groups excluding tert-OH is 1. The van der Waals surface area contributed by atoms with E-state index in [0.29, 0.717) is 5.56 Å². The van der Waals surface area contributed by atoms with Gasteiger partial charge in [0.25, 0.3) is 0 Å². The molecule has 0 bridgehead atoms. The summed E-state index contributed by atoms with van der Waals surface area (Å²) in [5.74, 6) is -1.28. The Morgan fingerprint density at radius 3 is 2.67 bits per heavy atom. The van der Waals surface area contributed by atoms with Crippen molar-refractivity contribution in [2.75, 3.05) is 0 Å². The van der Waals surface area contributed by atoms with Crippen molar-refractivity contribution in [2.24, 2.45) is 0 Å². The van der Waals surface area contributed by atoms with Crippen LogP contribution in [0.2, 0.25) is 5.02 Å². The first-order chi connectivity index (χ1) is 5.65. The van der Waals surface area contributed by atoms with Crippen molar-refractivity contribution >= 4 is 17.6 Å². The summed E-state index contributed by atoms with van der Waals surface area (Å²) in [6, 6.07) is 4.04. The lowest BCUT2D eigenvalue weighted by Gasteiger charge is -2.04. The van der Waals surface area contributed by atoms with E-state index in [1.54, 1.807) is 0 Å². The average Bonchev–Trinajstić information content (AvgIpc) is 2.04. The Hall–Kier alpha value is -1.06. The lowest BCUT2D eigenvalue weighted by atomic mass is 10.1. The molecular weight excluding hydrogens is 180 g/mol. The molecule has 12 heavy (non-hydrogen) atoms. The SMILES string of the molecule is O=C([O-])c1ccc(CO)c(Cl)c1. The van der Waals surface area contributed by atoms with E-state index in [0.717, 1.165) is 0 Å². The summed E-state index contributed by atoms with van der Waals surface area (Å²) in [5, 5.41) is 19.3. The first-order valence-electron chi connectivity index (χ1n) is 3.26. The monoisotopic (exact) mass is 185 g/mol. The molecule has 1 aromatic rings. The van der Waals surface area contributed by atoms with Crippen molar-refractivity contribution in [1.82, 2.24) is 0 Å². The average molecular weight is 186 g/mol. The van der Waals surface area contributed by atoms with Gasteiger partial charge in [-0.05, 0) is 17.2 Å². The van der Waals surface area contributed by atoms with E-state index in [2.05, 4.69) is 0 Å². The molecule has 0 atom stereocenters. The zero-order valence-electron chi connectivity index (χ0n) is 6.08. The number of carbonyl (C=O) groups excluding carboxylic acids is 1. The van der Waals surface area contributed by atoms with Gasteiger partial charge >= 0.3 is 0 Å². The fraction of sp³-hybridized carbons (Fsp3) is 0.125. The van der Waals surface area contributed by atoms with Gasteiger partial charge in [-0.15, -0.1) is 0 Å². The Morgan fingerprint density at radius 1 is 1.58 bits per heavy atom. The molecule has 3 nitrogen and oxygen atoms in total. The Bertz CT molecular complexity index is 309. The summed E-state index contributed by atoms with van der Waals surface area (Å²) in [6.45, 7) is -0.202. The van der Waals surface area contributed by atoms with E-state index < -0.39 is 5.97 Å². The number of aromatic carboxylic acids is 1. The van der Waals surface area contributed by atoms with Crippen LogP contribution in [0.25, 0.3) is 0 Å². The third kappa shape index (κ3) is 1.75. The zero-order chi connectivity index (χ0) is 9.14. The number of halogens is 1. The molecule has 0 unspecified atom stereocenters. The highest BCUT2D eigenvalue weighted by Crippen LogP contribution is 2.17. The van der Waals surface area contributed by atoms with Gasteiger partial charge in [-0.25, -0.2) is 0 Å². The molecule has 0 heterocycles. The van der Waals surface area contributed by atoms with Gasteiger partial charge in [0.15, 0.2) is 0 Å². The van der Waals surface area contributed by atoms with Crippen LogP contribution in [0.15, 0.2) is 18.2 Å². The highest BCUT2D eigenvalue weighted by molar-refractivity contribution is 6.31. The molecule has 0 aliphatic carbocycles. The molecule has 0 aliphatic rings. The maximum Gasteiger partial charge on any atom is 0.0715 e. The maximum absolute atomic E-state index is 10.3. The van der Waals surface area contributed by atoms with Gasteiger partial charge in [-0.1, -0.05) is 23.7 Å².